The summed E-state index contributed by atoms with van der Waals surface area (Å²) >= 11 is 0. The molecule has 0 bridgehead atoms. The normalized spacial score (nSPS) is 25.0. The van der Waals surface area contributed by atoms with E-state index in [4.69, 9.17) is 15.2 Å². The average molecular weight is 383 g/mol. The van der Waals surface area contributed by atoms with Gasteiger partial charge in [0.15, 0.2) is 0 Å². The minimum atomic E-state index is -0.457. The fourth-order valence-corrected chi connectivity index (χ4v) is 4.57. The number of carbonyl (C=O) groups is 1. The molecule has 3 unspecified atom stereocenters. The van der Waals surface area contributed by atoms with Crippen LogP contribution in [0.15, 0.2) is 30.5 Å². The molecule has 28 heavy (non-hydrogen) atoms. The zero-order valence-corrected chi connectivity index (χ0v) is 16.9. The number of hydrogen-bond acceptors (Lipinski definition) is 5. The molecule has 4 rings (SSSR count). The maximum Gasteiger partial charge on any atom is 0.343 e. The van der Waals surface area contributed by atoms with E-state index in [0.29, 0.717) is 30.0 Å². The van der Waals surface area contributed by atoms with E-state index < -0.39 is 5.97 Å². The average Bonchev–Trinajstić information content (AvgIpc) is 3.39. The van der Waals surface area contributed by atoms with Gasteiger partial charge in [-0.25, -0.2) is 9.48 Å². The van der Waals surface area contributed by atoms with Gasteiger partial charge in [-0.2, -0.15) is 5.10 Å². The molecule has 0 radical (unpaired) electrons. The molecule has 150 valence electrons. The van der Waals surface area contributed by atoms with Gasteiger partial charge in [-0.15, -0.1) is 0 Å². The highest BCUT2D eigenvalue weighted by Gasteiger charge is 2.57. The van der Waals surface area contributed by atoms with E-state index in [1.807, 2.05) is 24.3 Å². The van der Waals surface area contributed by atoms with Gasteiger partial charge < -0.3 is 15.2 Å². The zero-order chi connectivity index (χ0) is 19.9. The molecule has 2 saturated carbocycles. The van der Waals surface area contributed by atoms with Crippen molar-refractivity contribution in [2.45, 2.75) is 52.6 Å². The van der Waals surface area contributed by atoms with Crippen molar-refractivity contribution in [3.63, 3.8) is 0 Å². The number of benzene rings is 1. The minimum Gasteiger partial charge on any atom is -0.490 e. The number of nitrogen functional groups attached to an aromatic ring is 1. The topological polar surface area (TPSA) is 79.4 Å². The van der Waals surface area contributed by atoms with Crippen molar-refractivity contribution >= 4 is 11.8 Å². The van der Waals surface area contributed by atoms with Crippen molar-refractivity contribution in [1.29, 1.82) is 0 Å². The maximum atomic E-state index is 11.9. The van der Waals surface area contributed by atoms with Crippen LogP contribution in [0.1, 0.15) is 56.8 Å². The Kier molecular flexibility index (Phi) is 4.81. The number of aromatic nitrogens is 2. The van der Waals surface area contributed by atoms with Gasteiger partial charge in [-0.1, -0.05) is 20.3 Å². The first-order chi connectivity index (χ1) is 13.5. The van der Waals surface area contributed by atoms with Crippen molar-refractivity contribution in [1.82, 2.24) is 9.78 Å². The van der Waals surface area contributed by atoms with Gasteiger partial charge in [-0.05, 0) is 61.8 Å². The Bertz CT molecular complexity index is 854. The largest absolute Gasteiger partial charge is 0.490 e. The molecule has 2 aliphatic rings. The monoisotopic (exact) mass is 383 g/mol. The van der Waals surface area contributed by atoms with Gasteiger partial charge in [0, 0.05) is 5.92 Å². The molecule has 2 aromatic rings. The molecule has 0 aliphatic heterocycles. The Morgan fingerprint density at radius 3 is 2.57 bits per heavy atom. The number of esters is 1. The first kappa shape index (κ1) is 18.8. The third kappa shape index (κ3) is 3.15. The lowest BCUT2D eigenvalue weighted by Crippen LogP contribution is -2.49. The van der Waals surface area contributed by atoms with E-state index in [1.165, 1.54) is 31.9 Å². The standard InChI is InChI=1S/C22H29N3O3/c1-4-22(10-11-22)18-12-14(3)19(18)28-16-8-6-15(7-9-16)25-20(23)17(13-24-25)21(26)27-5-2/h6-9,13-14,18-19H,4-5,10-12,23H2,1-3H3. The summed E-state index contributed by atoms with van der Waals surface area (Å²) in [4.78, 5) is 11.9. The number of nitrogens with two attached hydrogens (primary N) is 1. The number of rotatable bonds is 7. The summed E-state index contributed by atoms with van der Waals surface area (Å²) in [5, 5.41) is 4.23. The van der Waals surface area contributed by atoms with E-state index in [0.717, 1.165) is 11.4 Å². The number of hydrogen-bond donors (Lipinski definition) is 1. The van der Waals surface area contributed by atoms with E-state index in [9.17, 15) is 4.79 Å². The first-order valence-electron chi connectivity index (χ1n) is 10.3. The van der Waals surface area contributed by atoms with Crippen molar-refractivity contribution in [3.05, 3.63) is 36.0 Å². The van der Waals surface area contributed by atoms with Gasteiger partial charge in [0.2, 0.25) is 0 Å². The van der Waals surface area contributed by atoms with Crippen LogP contribution >= 0.6 is 0 Å². The summed E-state index contributed by atoms with van der Waals surface area (Å²) < 4.78 is 12.9. The van der Waals surface area contributed by atoms with Crippen molar-refractivity contribution in [3.8, 4) is 11.4 Å². The van der Waals surface area contributed by atoms with Crippen LogP contribution < -0.4 is 10.5 Å². The zero-order valence-electron chi connectivity index (χ0n) is 16.9. The van der Waals surface area contributed by atoms with Crippen LogP contribution in [0.4, 0.5) is 5.82 Å². The van der Waals surface area contributed by atoms with E-state index in [2.05, 4.69) is 18.9 Å². The van der Waals surface area contributed by atoms with Crippen LogP contribution in [0.2, 0.25) is 0 Å². The lowest BCUT2D eigenvalue weighted by molar-refractivity contribution is -0.0522. The minimum absolute atomic E-state index is 0.276. The maximum absolute atomic E-state index is 11.9. The molecular weight excluding hydrogens is 354 g/mol. The molecule has 0 amide bonds. The molecule has 2 fully saturated rings. The second kappa shape index (κ2) is 7.15. The molecule has 1 heterocycles. The van der Waals surface area contributed by atoms with Gasteiger partial charge in [-0.3, -0.25) is 0 Å². The van der Waals surface area contributed by atoms with Gasteiger partial charge in [0.05, 0.1) is 18.5 Å². The fourth-order valence-electron chi connectivity index (χ4n) is 4.57. The number of anilines is 1. The Morgan fingerprint density at radius 2 is 2.00 bits per heavy atom. The third-order valence-electron chi connectivity index (χ3n) is 6.62. The summed E-state index contributed by atoms with van der Waals surface area (Å²) in [6.07, 6.45) is 6.97. The lowest BCUT2D eigenvalue weighted by atomic mass is 9.64. The SMILES string of the molecule is CCOC(=O)c1cnn(-c2ccc(OC3C(C)CC3C3(CC)CC3)cc2)c1N. The predicted octanol–water partition coefficient (Wildman–Crippen LogP) is 4.22. The number of nitrogens with zero attached hydrogens (tertiary/aromatic N) is 2. The molecule has 6 heteroatoms. The Balaban J connectivity index is 1.47. The van der Waals surface area contributed by atoms with E-state index in [-0.39, 0.29) is 11.4 Å². The Labute approximate surface area is 166 Å². The van der Waals surface area contributed by atoms with Crippen LogP contribution in [-0.4, -0.2) is 28.5 Å². The fraction of sp³-hybridized carbons (Fsp3) is 0.545. The summed E-state index contributed by atoms with van der Waals surface area (Å²) in [5.74, 6) is 1.97. The van der Waals surface area contributed by atoms with E-state index in [1.54, 1.807) is 11.6 Å². The number of carbonyl (C=O) groups excluding carboxylic acids is 1. The molecule has 0 spiro atoms. The molecule has 2 N–H and O–H groups in total. The molecular formula is C22H29N3O3. The lowest BCUT2D eigenvalue weighted by Gasteiger charge is -2.47. The molecule has 6 nitrogen and oxygen atoms in total. The van der Waals surface area contributed by atoms with Crippen LogP contribution in [0.5, 0.6) is 5.75 Å². The number of ether oxygens (including phenoxy) is 2. The van der Waals surface area contributed by atoms with Crippen molar-refractivity contribution in [2.24, 2.45) is 17.3 Å². The van der Waals surface area contributed by atoms with Crippen LogP contribution in [0.25, 0.3) is 5.69 Å². The quantitative estimate of drug-likeness (QED) is 0.724. The smallest absolute Gasteiger partial charge is 0.343 e. The molecule has 2 aliphatic carbocycles. The molecule has 0 saturated heterocycles. The summed E-state index contributed by atoms with van der Waals surface area (Å²) in [5.41, 5.74) is 7.69. The molecule has 1 aromatic carbocycles. The van der Waals surface area contributed by atoms with E-state index >= 15 is 0 Å². The van der Waals surface area contributed by atoms with Gasteiger partial charge >= 0.3 is 5.97 Å². The molecule has 3 atom stereocenters. The third-order valence-corrected chi connectivity index (χ3v) is 6.62. The highest BCUT2D eigenvalue weighted by atomic mass is 16.5. The Morgan fingerprint density at radius 1 is 1.29 bits per heavy atom. The van der Waals surface area contributed by atoms with Crippen molar-refractivity contribution < 1.29 is 14.3 Å². The van der Waals surface area contributed by atoms with Gasteiger partial charge in [0.1, 0.15) is 23.2 Å². The summed E-state index contributed by atoms with van der Waals surface area (Å²) in [6.45, 7) is 6.65. The van der Waals surface area contributed by atoms with Crippen molar-refractivity contribution in [2.75, 3.05) is 12.3 Å². The Hall–Kier alpha value is -2.50. The summed E-state index contributed by atoms with van der Waals surface area (Å²) in [7, 11) is 0. The summed E-state index contributed by atoms with van der Waals surface area (Å²) in [6, 6.07) is 7.74. The van der Waals surface area contributed by atoms with Gasteiger partial charge in [0.25, 0.3) is 0 Å². The second-order valence-corrected chi connectivity index (χ2v) is 8.19. The second-order valence-electron chi connectivity index (χ2n) is 8.19. The van der Waals surface area contributed by atoms with Crippen LogP contribution in [-0.2, 0) is 4.74 Å². The molecule has 1 aromatic heterocycles. The first-order valence-corrected chi connectivity index (χ1v) is 10.3. The highest BCUT2D eigenvalue weighted by molar-refractivity contribution is 5.94. The van der Waals surface area contributed by atoms with Crippen LogP contribution in [0, 0.1) is 17.3 Å². The van der Waals surface area contributed by atoms with Crippen LogP contribution in [0.3, 0.4) is 0 Å². The predicted molar refractivity (Wildman–Crippen MR) is 108 cm³/mol. The highest BCUT2D eigenvalue weighted by Crippen LogP contribution is 2.62.